The summed E-state index contributed by atoms with van der Waals surface area (Å²) in [6.45, 7) is 1.04. The molecule has 0 saturated carbocycles. The molecule has 33 heavy (non-hydrogen) atoms. The highest BCUT2D eigenvalue weighted by Crippen LogP contribution is 2.29. The summed E-state index contributed by atoms with van der Waals surface area (Å²) in [5.74, 6) is -1.25. The van der Waals surface area contributed by atoms with Crippen LogP contribution in [0.15, 0.2) is 58.7 Å². The van der Waals surface area contributed by atoms with Crippen molar-refractivity contribution in [2.24, 2.45) is 16.5 Å². The fraction of sp³-hybridized carbons (Fsp3) is 0.261. The van der Waals surface area contributed by atoms with Crippen molar-refractivity contribution >= 4 is 34.6 Å². The van der Waals surface area contributed by atoms with E-state index in [1.807, 2.05) is 0 Å². The third-order valence-electron chi connectivity index (χ3n) is 5.11. The first kappa shape index (κ1) is 23.7. The van der Waals surface area contributed by atoms with Gasteiger partial charge in [-0.15, -0.1) is 0 Å². The lowest BCUT2D eigenvalue weighted by Crippen LogP contribution is -2.44. The highest BCUT2D eigenvalue weighted by Gasteiger charge is 2.32. The van der Waals surface area contributed by atoms with Crippen LogP contribution in [-0.4, -0.2) is 51.4 Å². The summed E-state index contributed by atoms with van der Waals surface area (Å²) in [7, 11) is 3.09. The number of carbonyl (C=O) groups is 2. The molecule has 0 bridgehead atoms. The van der Waals surface area contributed by atoms with E-state index in [2.05, 4.69) is 10.3 Å². The number of nitrogens with one attached hydrogen (secondary N) is 1. The molecule has 1 saturated heterocycles. The lowest BCUT2D eigenvalue weighted by atomic mass is 9.97. The molecular formula is C23H26FN5O4. The second kappa shape index (κ2) is 10.6. The largest absolute Gasteiger partial charge is 0.497 e. The summed E-state index contributed by atoms with van der Waals surface area (Å²) in [6, 6.07) is 11.2. The van der Waals surface area contributed by atoms with Crippen molar-refractivity contribution in [3.8, 4) is 5.75 Å². The number of rotatable bonds is 8. The Morgan fingerprint density at radius 1 is 1.18 bits per heavy atom. The smallest absolute Gasteiger partial charge is 0.277 e. The number of primary amides is 1. The lowest BCUT2D eigenvalue weighted by molar-refractivity contribution is -0.114. The first-order valence-corrected chi connectivity index (χ1v) is 10.2. The third-order valence-corrected chi connectivity index (χ3v) is 5.11. The van der Waals surface area contributed by atoms with Crippen molar-refractivity contribution in [1.29, 1.82) is 0 Å². The predicted molar refractivity (Wildman–Crippen MR) is 124 cm³/mol. The molecule has 0 atom stereocenters. The van der Waals surface area contributed by atoms with Crippen LogP contribution in [0.2, 0.25) is 0 Å². The van der Waals surface area contributed by atoms with Crippen LogP contribution in [0.1, 0.15) is 6.42 Å². The Kier molecular flexibility index (Phi) is 7.62. The van der Waals surface area contributed by atoms with Gasteiger partial charge in [-0.3, -0.25) is 9.59 Å². The summed E-state index contributed by atoms with van der Waals surface area (Å²) < 4.78 is 24.7. The van der Waals surface area contributed by atoms with Gasteiger partial charge in [0.2, 0.25) is 0 Å². The average Bonchev–Trinajstić information content (AvgIpc) is 2.81. The Balaban J connectivity index is 1.96. The molecule has 2 aromatic rings. The molecule has 1 heterocycles. The van der Waals surface area contributed by atoms with Crippen molar-refractivity contribution < 1.29 is 23.5 Å². The quantitative estimate of drug-likeness (QED) is 0.413. The number of halogens is 1. The highest BCUT2D eigenvalue weighted by molar-refractivity contribution is 6.51. The molecule has 0 unspecified atom stereocenters. The van der Waals surface area contributed by atoms with Crippen LogP contribution < -0.4 is 26.4 Å². The van der Waals surface area contributed by atoms with E-state index in [1.165, 1.54) is 18.1 Å². The topological polar surface area (TPSA) is 132 Å². The van der Waals surface area contributed by atoms with E-state index in [-0.39, 0.29) is 29.9 Å². The Labute approximate surface area is 190 Å². The number of piperidine rings is 1. The van der Waals surface area contributed by atoms with E-state index >= 15 is 0 Å². The zero-order chi connectivity index (χ0) is 24.0. The highest BCUT2D eigenvalue weighted by atomic mass is 19.1. The van der Waals surface area contributed by atoms with Crippen LogP contribution in [0.5, 0.6) is 5.75 Å². The van der Waals surface area contributed by atoms with Gasteiger partial charge in [0.1, 0.15) is 23.0 Å². The van der Waals surface area contributed by atoms with Crippen molar-refractivity contribution in [1.82, 2.24) is 0 Å². The minimum absolute atomic E-state index is 0.0228. The molecule has 1 aliphatic heterocycles. The first-order valence-electron chi connectivity index (χ1n) is 10.2. The van der Waals surface area contributed by atoms with Gasteiger partial charge in [0, 0.05) is 31.5 Å². The molecule has 1 fully saturated rings. The molecule has 2 aromatic carbocycles. The minimum Gasteiger partial charge on any atom is -0.497 e. The summed E-state index contributed by atoms with van der Waals surface area (Å²) >= 11 is 0. The minimum atomic E-state index is -0.841. The van der Waals surface area contributed by atoms with E-state index in [1.54, 1.807) is 43.5 Å². The summed E-state index contributed by atoms with van der Waals surface area (Å²) in [6.07, 6.45) is 0.227. The van der Waals surface area contributed by atoms with Gasteiger partial charge >= 0.3 is 0 Å². The summed E-state index contributed by atoms with van der Waals surface area (Å²) in [4.78, 5) is 30.9. The van der Waals surface area contributed by atoms with Gasteiger partial charge in [-0.2, -0.15) is 0 Å². The molecule has 174 valence electrons. The Morgan fingerprint density at radius 3 is 2.52 bits per heavy atom. The fourth-order valence-corrected chi connectivity index (χ4v) is 3.36. The van der Waals surface area contributed by atoms with Crippen LogP contribution >= 0.6 is 0 Å². The summed E-state index contributed by atoms with van der Waals surface area (Å²) in [5.41, 5.74) is 12.4. The standard InChI is InChI=1S/C23H26FN5O4/c1-32-12-10-27-19-8-5-15(13-18(19)24)29-11-9-17(20(25)22(26)30)21(23(29)31)28-14-3-6-16(33-2)7-4-14/h3-8,13,27H,9-12,25H2,1-2H3,(H2,26,30). The number of hydrogen-bond acceptors (Lipinski definition) is 7. The molecule has 0 spiro atoms. The molecular weight excluding hydrogens is 429 g/mol. The van der Waals surface area contributed by atoms with Crippen LogP contribution in [0, 0.1) is 5.82 Å². The number of nitrogens with two attached hydrogens (primary N) is 2. The van der Waals surface area contributed by atoms with E-state index in [0.717, 1.165) is 0 Å². The maximum absolute atomic E-state index is 14.6. The van der Waals surface area contributed by atoms with Crippen LogP contribution in [-0.2, 0) is 14.3 Å². The third kappa shape index (κ3) is 5.47. The number of nitrogens with zero attached hydrogens (tertiary/aromatic N) is 2. The predicted octanol–water partition coefficient (Wildman–Crippen LogP) is 2.10. The number of benzene rings is 2. The van der Waals surface area contributed by atoms with Gasteiger partial charge in [0.15, 0.2) is 0 Å². The lowest BCUT2D eigenvalue weighted by Gasteiger charge is -2.30. The Morgan fingerprint density at radius 2 is 1.91 bits per heavy atom. The van der Waals surface area contributed by atoms with Gasteiger partial charge in [0.05, 0.1) is 25.1 Å². The number of anilines is 2. The van der Waals surface area contributed by atoms with Gasteiger partial charge in [-0.05, 0) is 48.9 Å². The molecule has 0 radical (unpaired) electrons. The van der Waals surface area contributed by atoms with Crippen molar-refractivity contribution in [3.05, 3.63) is 59.6 Å². The first-order chi connectivity index (χ1) is 15.8. The molecule has 5 N–H and O–H groups in total. The maximum Gasteiger partial charge on any atom is 0.277 e. The number of methoxy groups -OCH3 is 2. The maximum atomic E-state index is 14.6. The normalized spacial score (nSPS) is 16.6. The Bertz CT molecular complexity index is 1100. The van der Waals surface area contributed by atoms with Crippen molar-refractivity contribution in [2.75, 3.05) is 44.1 Å². The number of hydrogen-bond donors (Lipinski definition) is 3. The van der Waals surface area contributed by atoms with Gasteiger partial charge < -0.3 is 31.2 Å². The van der Waals surface area contributed by atoms with Gasteiger partial charge in [0.25, 0.3) is 11.8 Å². The molecule has 2 amide bonds. The average molecular weight is 455 g/mol. The van der Waals surface area contributed by atoms with Crippen LogP contribution in [0.4, 0.5) is 21.5 Å². The Hall–Kier alpha value is -3.92. The number of ether oxygens (including phenoxy) is 2. The van der Waals surface area contributed by atoms with Crippen molar-refractivity contribution in [3.63, 3.8) is 0 Å². The van der Waals surface area contributed by atoms with Crippen molar-refractivity contribution in [2.45, 2.75) is 6.42 Å². The molecule has 10 heteroatoms. The van der Waals surface area contributed by atoms with Crippen LogP contribution in [0.25, 0.3) is 0 Å². The molecule has 0 aliphatic carbocycles. The molecule has 0 aromatic heterocycles. The second-order valence-corrected chi connectivity index (χ2v) is 7.21. The van der Waals surface area contributed by atoms with E-state index < -0.39 is 17.6 Å². The van der Waals surface area contributed by atoms with E-state index in [4.69, 9.17) is 20.9 Å². The zero-order valence-corrected chi connectivity index (χ0v) is 18.4. The number of carbonyl (C=O) groups excluding carboxylic acids is 2. The fourth-order valence-electron chi connectivity index (χ4n) is 3.36. The molecule has 9 nitrogen and oxygen atoms in total. The number of amides is 2. The van der Waals surface area contributed by atoms with Crippen LogP contribution in [0.3, 0.4) is 0 Å². The van der Waals surface area contributed by atoms with Gasteiger partial charge in [-0.25, -0.2) is 9.38 Å². The second-order valence-electron chi connectivity index (χ2n) is 7.21. The molecule has 3 rings (SSSR count). The van der Waals surface area contributed by atoms with Gasteiger partial charge in [-0.1, -0.05) is 0 Å². The van der Waals surface area contributed by atoms with E-state index in [0.29, 0.717) is 36.0 Å². The SMILES string of the molecule is COCCNc1ccc(N2CCC(=C(N)C(N)=O)C(=Nc3ccc(OC)cc3)C2=O)cc1F. The monoisotopic (exact) mass is 455 g/mol. The summed E-state index contributed by atoms with van der Waals surface area (Å²) in [5, 5.41) is 2.93. The zero-order valence-electron chi connectivity index (χ0n) is 18.4. The van der Waals surface area contributed by atoms with E-state index in [9.17, 15) is 14.0 Å². The molecule has 1 aliphatic rings. The number of aliphatic imine (C=N–C) groups is 1.